The fourth-order valence-corrected chi connectivity index (χ4v) is 7.23. The first-order valence-corrected chi connectivity index (χ1v) is 16.9. The van der Waals surface area contributed by atoms with Gasteiger partial charge in [-0.15, -0.1) is 0 Å². The fraction of sp³-hybridized carbons (Fsp3) is 0.0667. The van der Waals surface area contributed by atoms with Crippen molar-refractivity contribution in [3.05, 3.63) is 192 Å². The van der Waals surface area contributed by atoms with Crippen LogP contribution in [-0.2, 0) is 5.41 Å². The lowest BCUT2D eigenvalue weighted by atomic mass is 9.82. The van der Waals surface area contributed by atoms with E-state index in [9.17, 15) is 0 Å². The third-order valence-electron chi connectivity index (χ3n) is 9.36. The zero-order valence-electron chi connectivity index (χ0n) is 27.4. The molecule has 0 atom stereocenters. The van der Waals surface area contributed by atoms with E-state index in [1.165, 1.54) is 22.3 Å². The predicted molar refractivity (Wildman–Crippen MR) is 205 cm³/mol. The second kappa shape index (κ2) is 12.7. The molecule has 0 radical (unpaired) electrons. The van der Waals surface area contributed by atoms with Gasteiger partial charge in [0.1, 0.15) is 16.5 Å². The number of nitrogens with zero attached hydrogens (tertiary/aromatic N) is 2. The van der Waals surface area contributed by atoms with Crippen molar-refractivity contribution < 1.29 is 4.74 Å². The van der Waals surface area contributed by atoms with Crippen LogP contribution in [0.1, 0.15) is 25.0 Å². The number of ether oxygens (including phenoxy) is 1. The maximum Gasteiger partial charge on any atom is 0.148 e. The quantitative estimate of drug-likeness (QED) is 0.162. The smallest absolute Gasteiger partial charge is 0.148 e. The molecule has 0 fully saturated rings. The molecule has 7 aromatic carbocycles. The average molecular weight is 655 g/mol. The van der Waals surface area contributed by atoms with Gasteiger partial charge in [0.25, 0.3) is 0 Å². The Morgan fingerprint density at radius 3 is 1.53 bits per heavy atom. The minimum absolute atomic E-state index is 0.193. The van der Waals surface area contributed by atoms with Gasteiger partial charge in [0.15, 0.2) is 0 Å². The fourth-order valence-electron chi connectivity index (χ4n) is 6.98. The average Bonchev–Trinajstić information content (AvgIpc) is 3.37. The van der Waals surface area contributed by atoms with Crippen molar-refractivity contribution in [3.8, 4) is 22.6 Å². The van der Waals surface area contributed by atoms with Crippen LogP contribution in [0.5, 0.6) is 11.5 Å². The standard InChI is InChI=1S/C45H35ClN2O/c1-45(2)40-29-27-37(49-43-25-15-24-42(44(43)46)48(34-20-11-5-12-21-34)35-22-13-6-14-23-35)31-39(40)38-28-26-36(30-41(38)45)47(32-16-7-3-8-17-32)33-18-9-4-10-19-33/h3-31H,1-2H3. The van der Waals surface area contributed by atoms with Crippen molar-refractivity contribution in [2.45, 2.75) is 19.3 Å². The van der Waals surface area contributed by atoms with Gasteiger partial charge in [-0.2, -0.15) is 0 Å². The molecular weight excluding hydrogens is 620 g/mol. The molecule has 1 aliphatic rings. The molecular formula is C45H35ClN2O. The number of halogens is 1. The maximum atomic E-state index is 7.17. The van der Waals surface area contributed by atoms with Gasteiger partial charge >= 0.3 is 0 Å². The summed E-state index contributed by atoms with van der Waals surface area (Å²) in [4.78, 5) is 4.47. The monoisotopic (exact) mass is 654 g/mol. The van der Waals surface area contributed by atoms with Crippen LogP contribution in [0.4, 0.5) is 34.1 Å². The number of anilines is 6. The van der Waals surface area contributed by atoms with E-state index in [1.807, 2.05) is 54.6 Å². The molecule has 0 aliphatic heterocycles. The topological polar surface area (TPSA) is 15.7 Å². The van der Waals surface area contributed by atoms with Gasteiger partial charge in [0, 0.05) is 33.9 Å². The molecule has 0 unspecified atom stereocenters. The first-order chi connectivity index (χ1) is 24.0. The Morgan fingerprint density at radius 2 is 0.980 bits per heavy atom. The van der Waals surface area contributed by atoms with E-state index in [0.29, 0.717) is 10.8 Å². The van der Waals surface area contributed by atoms with Crippen LogP contribution >= 0.6 is 11.6 Å². The van der Waals surface area contributed by atoms with Crippen LogP contribution in [0.25, 0.3) is 11.1 Å². The molecule has 0 bridgehead atoms. The van der Waals surface area contributed by atoms with E-state index >= 15 is 0 Å². The van der Waals surface area contributed by atoms with E-state index in [0.717, 1.165) is 39.9 Å². The Balaban J connectivity index is 1.16. The Kier molecular flexibility index (Phi) is 7.91. The highest BCUT2D eigenvalue weighted by molar-refractivity contribution is 6.35. The van der Waals surface area contributed by atoms with Gasteiger partial charge in [-0.25, -0.2) is 0 Å². The maximum absolute atomic E-state index is 7.17. The summed E-state index contributed by atoms with van der Waals surface area (Å²) in [6.45, 7) is 4.61. The van der Waals surface area contributed by atoms with E-state index in [2.05, 4.69) is 145 Å². The zero-order chi connectivity index (χ0) is 33.4. The molecule has 4 heteroatoms. The molecule has 8 rings (SSSR count). The highest BCUT2D eigenvalue weighted by Crippen LogP contribution is 2.52. The van der Waals surface area contributed by atoms with Gasteiger partial charge in [-0.3, -0.25) is 0 Å². The molecule has 0 N–H and O–H groups in total. The highest BCUT2D eigenvalue weighted by Gasteiger charge is 2.36. The number of benzene rings is 7. The summed E-state index contributed by atoms with van der Waals surface area (Å²) in [5.74, 6) is 1.34. The lowest BCUT2D eigenvalue weighted by Crippen LogP contribution is -2.16. The minimum Gasteiger partial charge on any atom is -0.456 e. The van der Waals surface area contributed by atoms with Crippen molar-refractivity contribution in [3.63, 3.8) is 0 Å². The molecule has 0 amide bonds. The Morgan fingerprint density at radius 1 is 0.449 bits per heavy atom. The van der Waals surface area contributed by atoms with Crippen LogP contribution in [0, 0.1) is 0 Å². The van der Waals surface area contributed by atoms with Gasteiger partial charge in [-0.05, 0) is 107 Å². The molecule has 0 saturated heterocycles. The van der Waals surface area contributed by atoms with Gasteiger partial charge in [-0.1, -0.05) is 116 Å². The third kappa shape index (κ3) is 5.62. The molecule has 0 heterocycles. The van der Waals surface area contributed by atoms with Gasteiger partial charge < -0.3 is 14.5 Å². The van der Waals surface area contributed by atoms with Crippen LogP contribution in [0.15, 0.2) is 176 Å². The van der Waals surface area contributed by atoms with E-state index in [-0.39, 0.29) is 5.41 Å². The molecule has 0 saturated carbocycles. The summed E-state index contributed by atoms with van der Waals surface area (Å²) < 4.78 is 6.59. The molecule has 0 aromatic heterocycles. The number of hydrogen-bond donors (Lipinski definition) is 0. The number of para-hydroxylation sites is 4. The molecule has 49 heavy (non-hydrogen) atoms. The lowest BCUT2D eigenvalue weighted by molar-refractivity contribution is 0.483. The SMILES string of the molecule is CC1(C)c2ccc(Oc3cccc(N(c4ccccc4)c4ccccc4)c3Cl)cc2-c2ccc(N(c3ccccc3)c3ccccc3)cc21. The summed E-state index contributed by atoms with van der Waals surface area (Å²) in [7, 11) is 0. The molecule has 1 aliphatic carbocycles. The summed E-state index contributed by atoms with van der Waals surface area (Å²) in [6.07, 6.45) is 0. The third-order valence-corrected chi connectivity index (χ3v) is 9.74. The molecule has 7 aromatic rings. The Labute approximate surface area is 293 Å². The normalized spacial score (nSPS) is 12.6. The highest BCUT2D eigenvalue weighted by atomic mass is 35.5. The van der Waals surface area contributed by atoms with Gasteiger partial charge in [0.2, 0.25) is 0 Å². The number of rotatable bonds is 8. The molecule has 3 nitrogen and oxygen atoms in total. The first kappa shape index (κ1) is 30.6. The minimum atomic E-state index is -0.193. The first-order valence-electron chi connectivity index (χ1n) is 16.6. The van der Waals surface area contributed by atoms with E-state index in [1.54, 1.807) is 0 Å². The van der Waals surface area contributed by atoms with Crippen molar-refractivity contribution in [2.75, 3.05) is 9.80 Å². The zero-order valence-corrected chi connectivity index (χ0v) is 28.2. The van der Waals surface area contributed by atoms with Gasteiger partial charge in [0.05, 0.1) is 5.69 Å². The Bertz CT molecular complexity index is 2160. The van der Waals surface area contributed by atoms with Crippen LogP contribution in [0.3, 0.4) is 0 Å². The number of hydrogen-bond acceptors (Lipinski definition) is 3. The number of fused-ring (bicyclic) bond motifs is 3. The summed E-state index contributed by atoms with van der Waals surface area (Å²) in [5, 5.41) is 0.544. The Hall–Kier alpha value is -5.77. The lowest BCUT2D eigenvalue weighted by Gasteiger charge is -2.28. The second-order valence-electron chi connectivity index (χ2n) is 12.8. The van der Waals surface area contributed by atoms with Crippen LogP contribution < -0.4 is 14.5 Å². The van der Waals surface area contributed by atoms with E-state index in [4.69, 9.17) is 16.3 Å². The largest absolute Gasteiger partial charge is 0.456 e. The van der Waals surface area contributed by atoms with Crippen molar-refractivity contribution >= 4 is 45.7 Å². The summed E-state index contributed by atoms with van der Waals surface area (Å²) in [5.41, 5.74) is 11.0. The second-order valence-corrected chi connectivity index (χ2v) is 13.1. The van der Waals surface area contributed by atoms with Crippen molar-refractivity contribution in [1.82, 2.24) is 0 Å². The summed E-state index contributed by atoms with van der Waals surface area (Å²) in [6, 6.07) is 60.8. The molecule has 238 valence electrons. The van der Waals surface area contributed by atoms with E-state index < -0.39 is 0 Å². The van der Waals surface area contributed by atoms with Crippen LogP contribution in [0.2, 0.25) is 5.02 Å². The summed E-state index contributed by atoms with van der Waals surface area (Å²) >= 11 is 7.17. The van der Waals surface area contributed by atoms with Crippen LogP contribution in [-0.4, -0.2) is 0 Å². The predicted octanol–water partition coefficient (Wildman–Crippen LogP) is 13.4. The molecule has 0 spiro atoms. The van der Waals surface area contributed by atoms with Crippen molar-refractivity contribution in [1.29, 1.82) is 0 Å². The van der Waals surface area contributed by atoms with Crippen molar-refractivity contribution in [2.24, 2.45) is 0 Å².